The highest BCUT2D eigenvalue weighted by Gasteiger charge is 2.43. The summed E-state index contributed by atoms with van der Waals surface area (Å²) in [5.74, 6) is 0.811. The third-order valence-electron chi connectivity index (χ3n) is 5.13. The summed E-state index contributed by atoms with van der Waals surface area (Å²) in [7, 11) is 6.38. The van der Waals surface area contributed by atoms with Crippen molar-refractivity contribution in [2.45, 2.75) is 44.2 Å². The summed E-state index contributed by atoms with van der Waals surface area (Å²) < 4.78 is 0. The highest BCUT2D eigenvalue weighted by atomic mass is 35.5. The minimum absolute atomic E-state index is 0.0928. The molecule has 118 valence electrons. The van der Waals surface area contributed by atoms with Gasteiger partial charge in [0.1, 0.15) is 0 Å². The summed E-state index contributed by atoms with van der Waals surface area (Å²) in [5, 5.41) is 5.04. The number of nitrogens with zero attached hydrogens (tertiary/aromatic N) is 1. The normalized spacial score (nSPS) is 27.9. The summed E-state index contributed by atoms with van der Waals surface area (Å²) in [6.07, 6.45) is 4.87. The van der Waals surface area contributed by atoms with Crippen molar-refractivity contribution >= 4 is 23.2 Å². The van der Waals surface area contributed by atoms with Crippen molar-refractivity contribution in [3.8, 4) is 0 Å². The van der Waals surface area contributed by atoms with E-state index in [-0.39, 0.29) is 11.6 Å². The zero-order chi connectivity index (χ0) is 15.6. The molecule has 0 heterocycles. The summed E-state index contributed by atoms with van der Waals surface area (Å²) in [5.41, 5.74) is 1.20. The van der Waals surface area contributed by atoms with Crippen LogP contribution in [-0.2, 0) is 0 Å². The smallest absolute Gasteiger partial charge is 0.0519 e. The Labute approximate surface area is 138 Å². The topological polar surface area (TPSA) is 15.3 Å². The monoisotopic (exact) mass is 328 g/mol. The van der Waals surface area contributed by atoms with E-state index in [9.17, 15) is 0 Å². The van der Waals surface area contributed by atoms with Crippen molar-refractivity contribution in [1.29, 1.82) is 0 Å². The van der Waals surface area contributed by atoms with Gasteiger partial charge in [0, 0.05) is 15.6 Å². The average Bonchev–Trinajstić information content (AvgIpc) is 2.45. The van der Waals surface area contributed by atoms with Gasteiger partial charge in [0.2, 0.25) is 0 Å². The van der Waals surface area contributed by atoms with Gasteiger partial charge in [0.15, 0.2) is 0 Å². The number of nitrogens with one attached hydrogen (secondary N) is 1. The van der Waals surface area contributed by atoms with Crippen LogP contribution in [0.4, 0.5) is 0 Å². The number of benzene rings is 1. The van der Waals surface area contributed by atoms with Crippen molar-refractivity contribution in [3.05, 3.63) is 33.8 Å². The predicted octanol–water partition coefficient (Wildman–Crippen LogP) is 4.76. The van der Waals surface area contributed by atoms with Gasteiger partial charge < -0.3 is 10.2 Å². The van der Waals surface area contributed by atoms with Gasteiger partial charge in [-0.05, 0) is 76.5 Å². The second kappa shape index (κ2) is 6.87. The molecule has 0 amide bonds. The molecule has 1 N–H and O–H groups in total. The second-order valence-electron chi connectivity index (χ2n) is 6.57. The SMILES string of the molecule is CNC(c1cc(Cl)ccc1Cl)C1(N(C)C)CCC(C)CC1. The van der Waals surface area contributed by atoms with Gasteiger partial charge in [-0.25, -0.2) is 0 Å². The van der Waals surface area contributed by atoms with E-state index in [1.807, 2.05) is 25.2 Å². The van der Waals surface area contributed by atoms with Gasteiger partial charge in [-0.3, -0.25) is 0 Å². The lowest BCUT2D eigenvalue weighted by molar-refractivity contribution is 0.0456. The Morgan fingerprint density at radius 2 is 1.86 bits per heavy atom. The van der Waals surface area contributed by atoms with Crippen molar-refractivity contribution < 1.29 is 0 Å². The number of likely N-dealkylation sites (N-methyl/N-ethyl adjacent to an activating group) is 2. The lowest BCUT2D eigenvalue weighted by Crippen LogP contribution is -2.55. The molecule has 21 heavy (non-hydrogen) atoms. The number of hydrogen-bond acceptors (Lipinski definition) is 2. The first-order valence-corrected chi connectivity index (χ1v) is 8.46. The molecule has 1 unspecified atom stereocenters. The van der Waals surface area contributed by atoms with E-state index >= 15 is 0 Å². The predicted molar refractivity (Wildman–Crippen MR) is 92.3 cm³/mol. The van der Waals surface area contributed by atoms with E-state index in [1.54, 1.807) is 0 Å². The molecule has 0 bridgehead atoms. The molecule has 2 rings (SSSR count). The maximum atomic E-state index is 6.47. The molecule has 1 aromatic rings. The molecule has 4 heteroatoms. The van der Waals surface area contributed by atoms with Crippen LogP contribution < -0.4 is 5.32 Å². The van der Waals surface area contributed by atoms with Gasteiger partial charge in [-0.15, -0.1) is 0 Å². The Hall–Kier alpha value is -0.280. The molecule has 1 saturated carbocycles. The maximum Gasteiger partial charge on any atom is 0.0519 e. The minimum atomic E-state index is 0.0928. The van der Waals surface area contributed by atoms with Crippen LogP contribution >= 0.6 is 23.2 Å². The summed E-state index contributed by atoms with van der Waals surface area (Å²) in [4.78, 5) is 2.37. The van der Waals surface area contributed by atoms with E-state index in [2.05, 4.69) is 31.2 Å². The first-order chi connectivity index (χ1) is 9.90. The van der Waals surface area contributed by atoms with Crippen LogP contribution in [0.15, 0.2) is 18.2 Å². The van der Waals surface area contributed by atoms with Crippen molar-refractivity contribution in [1.82, 2.24) is 10.2 Å². The van der Waals surface area contributed by atoms with Crippen LogP contribution in [0, 0.1) is 5.92 Å². The first-order valence-electron chi connectivity index (χ1n) is 7.70. The van der Waals surface area contributed by atoms with Crippen molar-refractivity contribution in [2.75, 3.05) is 21.1 Å². The fraction of sp³-hybridized carbons (Fsp3) is 0.647. The highest BCUT2D eigenvalue weighted by molar-refractivity contribution is 6.33. The molecular weight excluding hydrogens is 303 g/mol. The highest BCUT2D eigenvalue weighted by Crippen LogP contribution is 2.45. The summed E-state index contributed by atoms with van der Waals surface area (Å²) in [6, 6.07) is 5.95. The molecule has 0 aliphatic heterocycles. The molecule has 1 aromatic carbocycles. The lowest BCUT2D eigenvalue weighted by Gasteiger charge is -2.50. The van der Waals surface area contributed by atoms with E-state index in [1.165, 1.54) is 25.7 Å². The minimum Gasteiger partial charge on any atom is -0.311 e. The van der Waals surface area contributed by atoms with E-state index < -0.39 is 0 Å². The van der Waals surface area contributed by atoms with Gasteiger partial charge in [-0.1, -0.05) is 30.1 Å². The third-order valence-corrected chi connectivity index (χ3v) is 5.71. The van der Waals surface area contributed by atoms with Gasteiger partial charge >= 0.3 is 0 Å². The van der Waals surface area contributed by atoms with Gasteiger partial charge in [0.05, 0.1) is 6.04 Å². The number of rotatable bonds is 4. The molecule has 1 aliphatic rings. The van der Waals surface area contributed by atoms with Crippen LogP contribution in [0.3, 0.4) is 0 Å². The lowest BCUT2D eigenvalue weighted by atomic mass is 9.70. The number of hydrogen-bond donors (Lipinski definition) is 1. The first kappa shape index (κ1) is 17.1. The molecule has 1 fully saturated rings. The van der Waals surface area contributed by atoms with Crippen LogP contribution in [0.5, 0.6) is 0 Å². The summed E-state index contributed by atoms with van der Waals surface area (Å²) in [6.45, 7) is 2.35. The summed E-state index contributed by atoms with van der Waals surface area (Å²) >= 11 is 12.7. The molecule has 0 aromatic heterocycles. The van der Waals surface area contributed by atoms with Crippen LogP contribution in [0.25, 0.3) is 0 Å². The van der Waals surface area contributed by atoms with Crippen LogP contribution in [0.1, 0.15) is 44.2 Å². The van der Waals surface area contributed by atoms with E-state index in [4.69, 9.17) is 23.2 Å². The molecule has 1 aliphatic carbocycles. The molecule has 0 radical (unpaired) electrons. The quantitative estimate of drug-likeness (QED) is 0.856. The molecular formula is C17H26Cl2N2. The Balaban J connectivity index is 2.43. The van der Waals surface area contributed by atoms with Crippen molar-refractivity contribution in [2.24, 2.45) is 5.92 Å². The Morgan fingerprint density at radius 1 is 1.24 bits per heavy atom. The van der Waals surface area contributed by atoms with Crippen LogP contribution in [0.2, 0.25) is 10.0 Å². The van der Waals surface area contributed by atoms with Gasteiger partial charge in [-0.2, -0.15) is 0 Å². The Kier molecular flexibility index (Phi) is 5.59. The van der Waals surface area contributed by atoms with Gasteiger partial charge in [0.25, 0.3) is 0 Å². The van der Waals surface area contributed by atoms with Crippen molar-refractivity contribution in [3.63, 3.8) is 0 Å². The fourth-order valence-electron chi connectivity index (χ4n) is 3.71. The Bertz CT molecular complexity index is 480. The largest absolute Gasteiger partial charge is 0.311 e. The second-order valence-corrected chi connectivity index (χ2v) is 7.41. The fourth-order valence-corrected chi connectivity index (χ4v) is 4.11. The third kappa shape index (κ3) is 3.39. The Morgan fingerprint density at radius 3 is 2.38 bits per heavy atom. The molecule has 0 saturated heterocycles. The van der Waals surface area contributed by atoms with Crippen LogP contribution in [-0.4, -0.2) is 31.6 Å². The maximum absolute atomic E-state index is 6.47. The standard InChI is InChI=1S/C17H26Cl2N2/c1-12-7-9-17(10-8-12,21(3)4)16(20-2)14-11-13(18)5-6-15(14)19/h5-6,11-12,16,20H,7-10H2,1-4H3. The zero-order valence-corrected chi connectivity index (χ0v) is 14.9. The molecule has 1 atom stereocenters. The van der Waals surface area contributed by atoms with E-state index in [0.29, 0.717) is 0 Å². The average molecular weight is 329 g/mol. The molecule has 0 spiro atoms. The number of halogens is 2. The molecule has 2 nitrogen and oxygen atoms in total. The van der Waals surface area contributed by atoms with E-state index in [0.717, 1.165) is 21.5 Å². The zero-order valence-electron chi connectivity index (χ0n) is 13.4.